The number of hydrogen-bond acceptors (Lipinski definition) is 1. The molecule has 0 saturated heterocycles. The summed E-state index contributed by atoms with van der Waals surface area (Å²) < 4.78 is 1.04. The van der Waals surface area contributed by atoms with E-state index >= 15 is 0 Å². The quantitative estimate of drug-likeness (QED) is 0.654. The van der Waals surface area contributed by atoms with E-state index in [1.807, 2.05) is 43.4 Å². The van der Waals surface area contributed by atoms with Gasteiger partial charge in [-0.15, -0.1) is 11.6 Å². The van der Waals surface area contributed by atoms with Crippen LogP contribution in [-0.2, 0) is 12.4 Å². The van der Waals surface area contributed by atoms with Gasteiger partial charge in [0.25, 0.3) is 0 Å². The van der Waals surface area contributed by atoms with Crippen LogP contribution in [0.5, 0.6) is 0 Å². The molecule has 19 heavy (non-hydrogen) atoms. The Bertz CT molecular complexity index is 572. The number of alkyl halides is 1. The molecule has 0 aliphatic rings. The summed E-state index contributed by atoms with van der Waals surface area (Å²) in [7, 11) is 2.04. The summed E-state index contributed by atoms with van der Waals surface area (Å²) in [5.74, 6) is 0.496. The molecule has 0 aliphatic heterocycles. The normalized spacial score (nSPS) is 10.5. The lowest BCUT2D eigenvalue weighted by atomic mass is 10.1. The van der Waals surface area contributed by atoms with Gasteiger partial charge in [-0.05, 0) is 29.3 Å². The number of benzene rings is 2. The van der Waals surface area contributed by atoms with Crippen LogP contribution in [0.4, 0.5) is 5.69 Å². The highest BCUT2D eigenvalue weighted by atomic mass is 79.9. The summed E-state index contributed by atoms with van der Waals surface area (Å²) in [5, 5.41) is 0.789. The molecule has 0 saturated carbocycles. The molecule has 0 fully saturated rings. The Morgan fingerprint density at radius 3 is 2.53 bits per heavy atom. The van der Waals surface area contributed by atoms with Crippen LogP contribution in [0.3, 0.4) is 0 Å². The molecule has 0 aliphatic carbocycles. The molecular weight excluding hydrogens is 345 g/mol. The van der Waals surface area contributed by atoms with Crippen molar-refractivity contribution >= 4 is 44.8 Å². The van der Waals surface area contributed by atoms with Gasteiger partial charge in [0.2, 0.25) is 0 Å². The maximum atomic E-state index is 6.20. The first-order chi connectivity index (χ1) is 9.11. The predicted molar refractivity (Wildman–Crippen MR) is 87.3 cm³/mol. The second kappa shape index (κ2) is 6.65. The molecule has 0 bridgehead atoms. The summed E-state index contributed by atoms with van der Waals surface area (Å²) in [6, 6.07) is 14.0. The van der Waals surface area contributed by atoms with E-state index in [1.165, 1.54) is 0 Å². The van der Waals surface area contributed by atoms with E-state index in [9.17, 15) is 0 Å². The van der Waals surface area contributed by atoms with Crippen molar-refractivity contribution in [3.63, 3.8) is 0 Å². The van der Waals surface area contributed by atoms with E-state index in [-0.39, 0.29) is 0 Å². The lowest BCUT2D eigenvalue weighted by Crippen LogP contribution is -2.18. The Morgan fingerprint density at radius 1 is 1.11 bits per heavy atom. The number of rotatable bonds is 4. The molecule has 4 heteroatoms. The van der Waals surface area contributed by atoms with Gasteiger partial charge in [0.05, 0.1) is 0 Å². The second-order valence-corrected chi connectivity index (χ2v) is 5.94. The first-order valence-corrected chi connectivity index (χ1v) is 7.61. The van der Waals surface area contributed by atoms with Gasteiger partial charge >= 0.3 is 0 Å². The lowest BCUT2D eigenvalue weighted by molar-refractivity contribution is 0.915. The Balaban J connectivity index is 2.27. The highest BCUT2D eigenvalue weighted by Crippen LogP contribution is 2.28. The van der Waals surface area contributed by atoms with Gasteiger partial charge in [0.15, 0.2) is 0 Å². The van der Waals surface area contributed by atoms with Crippen LogP contribution in [0.15, 0.2) is 46.9 Å². The minimum Gasteiger partial charge on any atom is -0.370 e. The third kappa shape index (κ3) is 3.65. The summed E-state index contributed by atoms with van der Waals surface area (Å²) in [4.78, 5) is 2.16. The molecule has 0 radical (unpaired) electrons. The number of anilines is 1. The van der Waals surface area contributed by atoms with Crippen molar-refractivity contribution in [2.45, 2.75) is 12.4 Å². The van der Waals surface area contributed by atoms with Crippen LogP contribution in [0.2, 0.25) is 5.02 Å². The molecule has 2 rings (SSSR count). The average Bonchev–Trinajstić information content (AvgIpc) is 2.41. The SMILES string of the molecule is CN(Cc1ccccc1Cl)c1cc(Br)ccc1CCl. The molecule has 0 amide bonds. The second-order valence-electron chi connectivity index (χ2n) is 4.35. The fraction of sp³-hybridized carbons (Fsp3) is 0.200. The Morgan fingerprint density at radius 2 is 1.84 bits per heavy atom. The molecule has 0 N–H and O–H groups in total. The third-order valence-electron chi connectivity index (χ3n) is 2.97. The molecule has 2 aromatic carbocycles. The van der Waals surface area contributed by atoms with Crippen molar-refractivity contribution in [3.8, 4) is 0 Å². The zero-order chi connectivity index (χ0) is 13.8. The molecule has 0 atom stereocenters. The molecule has 100 valence electrons. The van der Waals surface area contributed by atoms with Crippen LogP contribution in [0.1, 0.15) is 11.1 Å². The Hall–Kier alpha value is -0.700. The van der Waals surface area contributed by atoms with Gasteiger partial charge in [-0.25, -0.2) is 0 Å². The predicted octanol–water partition coefficient (Wildman–Crippen LogP) is 5.48. The van der Waals surface area contributed by atoms with Gasteiger partial charge in [-0.3, -0.25) is 0 Å². The highest BCUT2D eigenvalue weighted by molar-refractivity contribution is 9.10. The maximum absolute atomic E-state index is 6.20. The average molecular weight is 359 g/mol. The first-order valence-electron chi connectivity index (χ1n) is 5.90. The van der Waals surface area contributed by atoms with E-state index in [0.717, 1.165) is 32.9 Å². The summed E-state index contributed by atoms with van der Waals surface area (Å²) >= 11 is 15.7. The van der Waals surface area contributed by atoms with Gasteiger partial charge < -0.3 is 4.90 Å². The molecule has 0 heterocycles. The first kappa shape index (κ1) is 14.7. The van der Waals surface area contributed by atoms with Gasteiger partial charge in [-0.2, -0.15) is 0 Å². The van der Waals surface area contributed by atoms with Crippen LogP contribution in [0.25, 0.3) is 0 Å². The van der Waals surface area contributed by atoms with Crippen LogP contribution >= 0.6 is 39.1 Å². The van der Waals surface area contributed by atoms with Gasteiger partial charge in [-0.1, -0.05) is 51.8 Å². The smallest absolute Gasteiger partial charge is 0.0494 e. The van der Waals surface area contributed by atoms with E-state index in [1.54, 1.807) is 0 Å². The minimum atomic E-state index is 0.496. The summed E-state index contributed by atoms with van der Waals surface area (Å²) in [5.41, 5.74) is 3.33. The standard InChI is InChI=1S/C15H14BrCl2N/c1-19(10-12-4-2-3-5-14(12)18)15-8-13(16)7-6-11(15)9-17/h2-8H,9-10H2,1H3. The van der Waals surface area contributed by atoms with Gasteiger partial charge in [0, 0.05) is 34.7 Å². The van der Waals surface area contributed by atoms with Crippen LogP contribution in [-0.4, -0.2) is 7.05 Å². The van der Waals surface area contributed by atoms with Crippen molar-refractivity contribution in [1.29, 1.82) is 0 Å². The largest absolute Gasteiger partial charge is 0.370 e. The number of nitrogens with zero attached hydrogens (tertiary/aromatic N) is 1. The van der Waals surface area contributed by atoms with Crippen molar-refractivity contribution < 1.29 is 0 Å². The van der Waals surface area contributed by atoms with E-state index in [4.69, 9.17) is 23.2 Å². The fourth-order valence-electron chi connectivity index (χ4n) is 1.97. The molecule has 0 aromatic heterocycles. The van der Waals surface area contributed by atoms with Crippen molar-refractivity contribution in [1.82, 2.24) is 0 Å². The number of halogens is 3. The third-order valence-corrected chi connectivity index (χ3v) is 4.12. The maximum Gasteiger partial charge on any atom is 0.0494 e. The molecule has 1 nitrogen and oxygen atoms in total. The monoisotopic (exact) mass is 357 g/mol. The Labute approximate surface area is 132 Å². The zero-order valence-electron chi connectivity index (χ0n) is 10.5. The lowest BCUT2D eigenvalue weighted by Gasteiger charge is -2.23. The van der Waals surface area contributed by atoms with Crippen molar-refractivity contribution in [2.75, 3.05) is 11.9 Å². The fourth-order valence-corrected chi connectivity index (χ4v) is 2.74. The minimum absolute atomic E-state index is 0.496. The van der Waals surface area contributed by atoms with Gasteiger partial charge in [0.1, 0.15) is 0 Å². The van der Waals surface area contributed by atoms with E-state index in [0.29, 0.717) is 5.88 Å². The summed E-state index contributed by atoms with van der Waals surface area (Å²) in [6.45, 7) is 0.750. The number of hydrogen-bond donors (Lipinski definition) is 0. The Kier molecular flexibility index (Phi) is 5.14. The van der Waals surface area contributed by atoms with E-state index < -0.39 is 0 Å². The zero-order valence-corrected chi connectivity index (χ0v) is 13.6. The highest BCUT2D eigenvalue weighted by Gasteiger charge is 2.09. The van der Waals surface area contributed by atoms with Crippen molar-refractivity contribution in [3.05, 3.63) is 63.1 Å². The molecule has 0 spiro atoms. The summed E-state index contributed by atoms with van der Waals surface area (Å²) in [6.07, 6.45) is 0. The van der Waals surface area contributed by atoms with Crippen LogP contribution in [0, 0.1) is 0 Å². The van der Waals surface area contributed by atoms with Crippen molar-refractivity contribution in [2.24, 2.45) is 0 Å². The molecular formula is C15H14BrCl2N. The van der Waals surface area contributed by atoms with Crippen LogP contribution < -0.4 is 4.90 Å². The molecule has 2 aromatic rings. The topological polar surface area (TPSA) is 3.24 Å². The molecule has 0 unspecified atom stereocenters. The van der Waals surface area contributed by atoms with E-state index in [2.05, 4.69) is 26.9 Å².